The van der Waals surface area contributed by atoms with Crippen LogP contribution in [0.25, 0.3) is 10.9 Å². The van der Waals surface area contributed by atoms with Gasteiger partial charge in [-0.05, 0) is 56.5 Å². The summed E-state index contributed by atoms with van der Waals surface area (Å²) in [6, 6.07) is 5.88. The van der Waals surface area contributed by atoms with Gasteiger partial charge in [-0.3, -0.25) is 14.8 Å². The van der Waals surface area contributed by atoms with Crippen molar-refractivity contribution in [2.45, 2.75) is 50.6 Å². The Hall–Kier alpha value is -2.69. The molecular weight excluding hydrogens is 446 g/mol. The molecule has 35 heavy (non-hydrogen) atoms. The molecule has 3 aliphatic heterocycles. The van der Waals surface area contributed by atoms with Crippen molar-refractivity contribution in [1.82, 2.24) is 35.7 Å². The van der Waals surface area contributed by atoms with Crippen LogP contribution in [0, 0.1) is 0 Å². The number of piperazine rings is 1. The number of carbonyl (C=O) groups is 2. The fourth-order valence-corrected chi connectivity index (χ4v) is 5.50. The highest BCUT2D eigenvalue weighted by atomic mass is 16.7. The number of rotatable bonds is 6. The van der Waals surface area contributed by atoms with Crippen molar-refractivity contribution < 1.29 is 14.4 Å². The van der Waals surface area contributed by atoms with Crippen molar-refractivity contribution in [3.05, 3.63) is 30.0 Å². The van der Waals surface area contributed by atoms with E-state index in [2.05, 4.69) is 25.7 Å². The lowest BCUT2D eigenvalue weighted by molar-refractivity contribution is -0.137. The van der Waals surface area contributed by atoms with E-state index in [1.807, 2.05) is 23.1 Å². The lowest BCUT2D eigenvalue weighted by atomic mass is 10.0. The summed E-state index contributed by atoms with van der Waals surface area (Å²) in [6.07, 6.45) is 7.14. The molecule has 0 aliphatic carbocycles. The van der Waals surface area contributed by atoms with Crippen molar-refractivity contribution in [3.8, 4) is 0 Å². The van der Waals surface area contributed by atoms with Crippen LogP contribution in [0.15, 0.2) is 24.4 Å². The average Bonchev–Trinajstić information content (AvgIpc) is 3.37. The smallest absolute Gasteiger partial charge is 0.351 e. The summed E-state index contributed by atoms with van der Waals surface area (Å²) >= 11 is 0. The second-order valence-electron chi connectivity index (χ2n) is 9.90. The van der Waals surface area contributed by atoms with Gasteiger partial charge in [0.2, 0.25) is 5.91 Å². The van der Waals surface area contributed by atoms with E-state index in [1.54, 1.807) is 11.3 Å². The molecule has 1 atom stereocenters. The molecule has 5 rings (SSSR count). The van der Waals surface area contributed by atoms with Crippen LogP contribution in [-0.2, 0) is 16.1 Å². The molecule has 1 aromatic heterocycles. The first-order chi connectivity index (χ1) is 17.2. The molecule has 0 spiro atoms. The number of amides is 2. The summed E-state index contributed by atoms with van der Waals surface area (Å²) in [5.74, 6) is -0.0437. The van der Waals surface area contributed by atoms with Gasteiger partial charge in [-0.15, -0.1) is 5.06 Å². The highest BCUT2D eigenvalue weighted by Gasteiger charge is 2.32. The SMILES string of the molecule is O=C(NC(Cc1ccc2[nH]ncc2c1)C(=O)N1CCN(C2CCNCC2)CC1)ON1CCCCC1. The molecule has 1 unspecified atom stereocenters. The summed E-state index contributed by atoms with van der Waals surface area (Å²) in [5.41, 5.74) is 1.92. The van der Waals surface area contributed by atoms with E-state index in [-0.39, 0.29) is 5.91 Å². The Morgan fingerprint density at radius 2 is 1.83 bits per heavy atom. The number of hydrogen-bond donors (Lipinski definition) is 3. The standard InChI is InChI=1S/C25H37N7O3/c33-24(31-14-12-30(13-15-31)21-6-8-26-9-7-21)23(28-25(34)35-32-10-2-1-3-11-32)17-19-4-5-22-20(16-19)18-27-29-22/h4-5,16,18,21,23,26H,1-3,6-15,17H2,(H,27,29)(H,28,34). The minimum Gasteiger partial charge on any atom is -0.351 e. The molecule has 4 heterocycles. The maximum absolute atomic E-state index is 13.6. The lowest BCUT2D eigenvalue weighted by Crippen LogP contribution is -2.58. The topological polar surface area (TPSA) is 106 Å². The van der Waals surface area contributed by atoms with Crippen molar-refractivity contribution in [2.24, 2.45) is 0 Å². The van der Waals surface area contributed by atoms with Gasteiger partial charge in [-0.2, -0.15) is 5.10 Å². The van der Waals surface area contributed by atoms with Gasteiger partial charge < -0.3 is 20.4 Å². The second-order valence-corrected chi connectivity index (χ2v) is 9.90. The minimum atomic E-state index is -0.679. The van der Waals surface area contributed by atoms with E-state index < -0.39 is 12.1 Å². The van der Waals surface area contributed by atoms with Crippen molar-refractivity contribution in [3.63, 3.8) is 0 Å². The van der Waals surface area contributed by atoms with Gasteiger partial charge in [0.1, 0.15) is 6.04 Å². The van der Waals surface area contributed by atoms with Crippen molar-refractivity contribution >= 4 is 22.9 Å². The van der Waals surface area contributed by atoms with Gasteiger partial charge in [0.25, 0.3) is 0 Å². The molecular formula is C25H37N7O3. The van der Waals surface area contributed by atoms with Crippen LogP contribution in [0.1, 0.15) is 37.7 Å². The van der Waals surface area contributed by atoms with Crippen LogP contribution >= 0.6 is 0 Å². The van der Waals surface area contributed by atoms with E-state index >= 15 is 0 Å². The maximum Gasteiger partial charge on any atom is 0.426 e. The van der Waals surface area contributed by atoms with Crippen molar-refractivity contribution in [2.75, 3.05) is 52.4 Å². The number of benzene rings is 1. The van der Waals surface area contributed by atoms with E-state index in [1.165, 1.54) is 0 Å². The Morgan fingerprint density at radius 3 is 2.60 bits per heavy atom. The van der Waals surface area contributed by atoms with Gasteiger partial charge in [0.05, 0.1) is 11.7 Å². The van der Waals surface area contributed by atoms with Crippen LogP contribution in [-0.4, -0.2) is 102 Å². The molecule has 0 radical (unpaired) electrons. The van der Waals surface area contributed by atoms with Gasteiger partial charge in [-0.1, -0.05) is 12.5 Å². The average molecular weight is 484 g/mol. The van der Waals surface area contributed by atoms with Crippen LogP contribution in [0.4, 0.5) is 4.79 Å². The molecule has 3 fully saturated rings. The van der Waals surface area contributed by atoms with Gasteiger partial charge in [0, 0.05) is 57.1 Å². The Balaban J connectivity index is 1.24. The third kappa shape index (κ3) is 6.12. The number of nitrogens with zero attached hydrogens (tertiary/aromatic N) is 4. The van der Waals surface area contributed by atoms with Crippen LogP contribution < -0.4 is 10.6 Å². The number of piperidine rings is 2. The number of aromatic nitrogens is 2. The predicted molar refractivity (Wildman–Crippen MR) is 133 cm³/mol. The van der Waals surface area contributed by atoms with E-state index in [0.717, 1.165) is 87.8 Å². The Morgan fingerprint density at radius 1 is 1.06 bits per heavy atom. The fraction of sp³-hybridized carbons (Fsp3) is 0.640. The quantitative estimate of drug-likeness (QED) is 0.572. The maximum atomic E-state index is 13.6. The number of nitrogens with one attached hydrogen (secondary N) is 3. The molecule has 10 nitrogen and oxygen atoms in total. The summed E-state index contributed by atoms with van der Waals surface area (Å²) < 4.78 is 0. The number of fused-ring (bicyclic) bond motifs is 1. The monoisotopic (exact) mass is 483 g/mol. The normalized spacial score (nSPS) is 21.7. The van der Waals surface area contributed by atoms with Gasteiger partial charge in [-0.25, -0.2) is 4.79 Å². The highest BCUT2D eigenvalue weighted by Crippen LogP contribution is 2.18. The third-order valence-electron chi connectivity index (χ3n) is 7.51. The zero-order chi connectivity index (χ0) is 24.0. The molecule has 0 saturated carbocycles. The summed E-state index contributed by atoms with van der Waals surface area (Å²) in [4.78, 5) is 36.3. The summed E-state index contributed by atoms with van der Waals surface area (Å²) in [5, 5.41) is 16.0. The fourth-order valence-electron chi connectivity index (χ4n) is 5.50. The highest BCUT2D eigenvalue weighted by molar-refractivity contribution is 5.86. The largest absolute Gasteiger partial charge is 0.426 e. The van der Waals surface area contributed by atoms with Crippen LogP contribution in [0.3, 0.4) is 0 Å². The number of H-pyrrole nitrogens is 1. The molecule has 3 aliphatic rings. The van der Waals surface area contributed by atoms with Gasteiger partial charge >= 0.3 is 6.09 Å². The Bertz CT molecular complexity index is 992. The first-order valence-electron chi connectivity index (χ1n) is 13.0. The number of hydroxylamine groups is 2. The van der Waals surface area contributed by atoms with Crippen LogP contribution in [0.5, 0.6) is 0 Å². The minimum absolute atomic E-state index is 0.0437. The Labute approximate surface area is 206 Å². The molecule has 190 valence electrons. The number of carbonyl (C=O) groups excluding carboxylic acids is 2. The molecule has 3 N–H and O–H groups in total. The molecule has 1 aromatic carbocycles. The predicted octanol–water partition coefficient (Wildman–Crippen LogP) is 1.50. The molecule has 2 aromatic rings. The first kappa shape index (κ1) is 24.0. The van der Waals surface area contributed by atoms with Crippen LogP contribution in [0.2, 0.25) is 0 Å². The molecule has 0 bridgehead atoms. The summed E-state index contributed by atoms with van der Waals surface area (Å²) in [6.45, 7) is 6.73. The third-order valence-corrected chi connectivity index (χ3v) is 7.51. The first-order valence-corrected chi connectivity index (χ1v) is 13.0. The zero-order valence-electron chi connectivity index (χ0n) is 20.4. The van der Waals surface area contributed by atoms with E-state index in [4.69, 9.17) is 4.84 Å². The second kappa shape index (κ2) is 11.4. The van der Waals surface area contributed by atoms with E-state index in [0.29, 0.717) is 25.6 Å². The number of hydrogen-bond acceptors (Lipinski definition) is 7. The number of aromatic amines is 1. The van der Waals surface area contributed by atoms with Gasteiger partial charge in [0.15, 0.2) is 0 Å². The Kier molecular flexibility index (Phi) is 7.80. The lowest BCUT2D eigenvalue weighted by Gasteiger charge is -2.41. The molecule has 10 heteroatoms. The molecule has 2 amide bonds. The molecule has 3 saturated heterocycles. The summed E-state index contributed by atoms with van der Waals surface area (Å²) in [7, 11) is 0. The zero-order valence-corrected chi connectivity index (χ0v) is 20.4. The van der Waals surface area contributed by atoms with Crippen molar-refractivity contribution in [1.29, 1.82) is 0 Å². The van der Waals surface area contributed by atoms with E-state index in [9.17, 15) is 9.59 Å².